The molecule has 0 heterocycles. The maximum atomic E-state index is 9.71. The van der Waals surface area contributed by atoms with Gasteiger partial charge in [0, 0.05) is 6.04 Å². The molecule has 0 spiro atoms. The molecule has 0 aromatic heterocycles. The summed E-state index contributed by atoms with van der Waals surface area (Å²) in [6.07, 6.45) is 10.1. The molecule has 2 nitrogen and oxygen atoms in total. The Bertz CT molecular complexity index is 320. The van der Waals surface area contributed by atoms with E-state index in [-0.39, 0.29) is 5.54 Å². The average molecular weight is 248 g/mol. The van der Waals surface area contributed by atoms with E-state index in [9.17, 15) is 5.26 Å². The van der Waals surface area contributed by atoms with Crippen LogP contribution in [-0.4, -0.2) is 11.6 Å². The van der Waals surface area contributed by atoms with E-state index in [4.69, 9.17) is 0 Å². The van der Waals surface area contributed by atoms with Gasteiger partial charge < -0.3 is 0 Å². The van der Waals surface area contributed by atoms with E-state index in [1.807, 2.05) is 0 Å². The maximum absolute atomic E-state index is 9.71. The van der Waals surface area contributed by atoms with Gasteiger partial charge in [-0.1, -0.05) is 46.5 Å². The van der Waals surface area contributed by atoms with Crippen molar-refractivity contribution in [2.45, 2.75) is 83.7 Å². The van der Waals surface area contributed by atoms with E-state index < -0.39 is 0 Å². The van der Waals surface area contributed by atoms with E-state index in [2.05, 4.69) is 32.2 Å². The van der Waals surface area contributed by atoms with Crippen molar-refractivity contribution < 1.29 is 0 Å². The molecule has 0 aromatic carbocycles. The number of nitriles is 1. The Kier molecular flexibility index (Phi) is 4.02. The van der Waals surface area contributed by atoms with Crippen LogP contribution < -0.4 is 5.32 Å². The second kappa shape index (κ2) is 5.21. The molecule has 0 aromatic rings. The summed E-state index contributed by atoms with van der Waals surface area (Å²) < 4.78 is 0. The lowest BCUT2D eigenvalue weighted by Gasteiger charge is -2.33. The van der Waals surface area contributed by atoms with Crippen molar-refractivity contribution in [3.05, 3.63) is 0 Å². The van der Waals surface area contributed by atoms with Gasteiger partial charge in [-0.3, -0.25) is 5.32 Å². The molecule has 0 saturated heterocycles. The van der Waals surface area contributed by atoms with Crippen LogP contribution in [-0.2, 0) is 0 Å². The topological polar surface area (TPSA) is 35.8 Å². The van der Waals surface area contributed by atoms with Gasteiger partial charge in [-0.15, -0.1) is 0 Å². The summed E-state index contributed by atoms with van der Waals surface area (Å²) in [4.78, 5) is 0. The lowest BCUT2D eigenvalue weighted by molar-refractivity contribution is 0.272. The van der Waals surface area contributed by atoms with Crippen molar-refractivity contribution in [2.75, 3.05) is 0 Å². The third-order valence-electron chi connectivity index (χ3n) is 4.97. The average Bonchev–Trinajstić information content (AvgIpc) is 2.49. The fraction of sp³-hybridized carbons (Fsp3) is 0.938. The highest BCUT2D eigenvalue weighted by molar-refractivity contribution is 5.17. The minimum atomic E-state index is -0.265. The van der Waals surface area contributed by atoms with Crippen molar-refractivity contribution in [2.24, 2.45) is 11.3 Å². The Morgan fingerprint density at radius 1 is 1.11 bits per heavy atom. The molecule has 2 rings (SSSR count). The van der Waals surface area contributed by atoms with Crippen LogP contribution in [0, 0.1) is 22.7 Å². The van der Waals surface area contributed by atoms with Gasteiger partial charge in [-0.25, -0.2) is 0 Å². The highest BCUT2D eigenvalue weighted by atomic mass is 15.0. The largest absolute Gasteiger partial charge is 0.296 e. The summed E-state index contributed by atoms with van der Waals surface area (Å²) in [5, 5.41) is 13.5. The minimum Gasteiger partial charge on any atom is -0.296 e. The Labute approximate surface area is 112 Å². The van der Waals surface area contributed by atoms with Crippen molar-refractivity contribution in [3.63, 3.8) is 0 Å². The van der Waals surface area contributed by atoms with Crippen LogP contribution in [0.5, 0.6) is 0 Å². The summed E-state index contributed by atoms with van der Waals surface area (Å²) >= 11 is 0. The maximum Gasteiger partial charge on any atom is 0.110 e. The zero-order valence-electron chi connectivity index (χ0n) is 12.3. The Morgan fingerprint density at radius 3 is 2.17 bits per heavy atom. The predicted molar refractivity (Wildman–Crippen MR) is 75.1 cm³/mol. The molecule has 0 aliphatic heterocycles. The van der Waals surface area contributed by atoms with Gasteiger partial charge in [0.15, 0.2) is 0 Å². The van der Waals surface area contributed by atoms with E-state index in [0.29, 0.717) is 17.4 Å². The van der Waals surface area contributed by atoms with Crippen LogP contribution in [0.2, 0.25) is 0 Å². The van der Waals surface area contributed by atoms with Gasteiger partial charge in [0.25, 0.3) is 0 Å². The van der Waals surface area contributed by atoms with Crippen LogP contribution in [0.25, 0.3) is 0 Å². The molecular weight excluding hydrogens is 220 g/mol. The molecule has 2 atom stereocenters. The minimum absolute atomic E-state index is 0.265. The predicted octanol–water partition coefficient (Wildman–Crippen LogP) is 4.02. The number of nitrogens with one attached hydrogen (secondary N) is 1. The summed E-state index contributed by atoms with van der Waals surface area (Å²) in [7, 11) is 0. The first-order valence-corrected chi connectivity index (χ1v) is 7.66. The Morgan fingerprint density at radius 2 is 1.72 bits per heavy atom. The highest BCUT2D eigenvalue weighted by Crippen LogP contribution is 2.47. The molecule has 2 heteroatoms. The molecule has 0 radical (unpaired) electrons. The van der Waals surface area contributed by atoms with E-state index in [1.165, 1.54) is 44.9 Å². The van der Waals surface area contributed by atoms with Crippen LogP contribution in [0.3, 0.4) is 0 Å². The van der Waals surface area contributed by atoms with Gasteiger partial charge in [0.2, 0.25) is 0 Å². The van der Waals surface area contributed by atoms with Crippen LogP contribution >= 0.6 is 0 Å². The Balaban J connectivity index is 2.06. The second-order valence-corrected chi connectivity index (χ2v) is 7.36. The molecule has 0 amide bonds. The van der Waals surface area contributed by atoms with Gasteiger partial charge in [0.1, 0.15) is 5.54 Å². The first-order valence-electron chi connectivity index (χ1n) is 7.66. The summed E-state index contributed by atoms with van der Waals surface area (Å²) in [6.45, 7) is 6.86. The quantitative estimate of drug-likeness (QED) is 0.749. The first-order chi connectivity index (χ1) is 8.47. The molecule has 1 N–H and O–H groups in total. The van der Waals surface area contributed by atoms with Gasteiger partial charge in [-0.2, -0.15) is 5.26 Å². The molecule has 2 unspecified atom stereocenters. The fourth-order valence-corrected chi connectivity index (χ4v) is 4.17. The van der Waals surface area contributed by atoms with Crippen molar-refractivity contribution in [1.82, 2.24) is 5.32 Å². The van der Waals surface area contributed by atoms with Crippen molar-refractivity contribution in [1.29, 1.82) is 5.26 Å². The van der Waals surface area contributed by atoms with Crippen LogP contribution in [0.4, 0.5) is 0 Å². The lowest BCUT2D eigenvalue weighted by Crippen LogP contribution is -2.51. The fourth-order valence-electron chi connectivity index (χ4n) is 4.17. The third kappa shape index (κ3) is 2.88. The van der Waals surface area contributed by atoms with E-state index >= 15 is 0 Å². The first kappa shape index (κ1) is 13.9. The van der Waals surface area contributed by atoms with Gasteiger partial charge >= 0.3 is 0 Å². The van der Waals surface area contributed by atoms with Crippen molar-refractivity contribution >= 4 is 0 Å². The lowest BCUT2D eigenvalue weighted by atomic mass is 9.86. The monoisotopic (exact) mass is 248 g/mol. The van der Waals surface area contributed by atoms with Crippen LogP contribution in [0.15, 0.2) is 0 Å². The molecule has 18 heavy (non-hydrogen) atoms. The number of hydrogen-bond acceptors (Lipinski definition) is 2. The highest BCUT2D eigenvalue weighted by Gasteiger charge is 2.49. The SMILES string of the molecule is CC1CC(C)(C)CC1(C#N)NC1CCCCCC1. The van der Waals surface area contributed by atoms with E-state index in [1.54, 1.807) is 0 Å². The summed E-state index contributed by atoms with van der Waals surface area (Å²) in [5.74, 6) is 0.473. The zero-order valence-corrected chi connectivity index (χ0v) is 12.3. The molecule has 102 valence electrons. The van der Waals surface area contributed by atoms with Gasteiger partial charge in [-0.05, 0) is 37.0 Å². The zero-order chi connectivity index (χ0) is 13.2. The molecule has 0 bridgehead atoms. The smallest absolute Gasteiger partial charge is 0.110 e. The second-order valence-electron chi connectivity index (χ2n) is 7.36. The molecule has 2 fully saturated rings. The molecule has 2 aliphatic rings. The molecule has 2 saturated carbocycles. The molecule has 2 aliphatic carbocycles. The standard InChI is InChI=1S/C16H28N2/c1-13-10-15(2,3)11-16(13,12-17)18-14-8-6-4-5-7-9-14/h13-14,18H,4-11H2,1-3H3. The van der Waals surface area contributed by atoms with Crippen LogP contribution in [0.1, 0.15) is 72.1 Å². The van der Waals surface area contributed by atoms with Crippen molar-refractivity contribution in [3.8, 4) is 6.07 Å². The Hall–Kier alpha value is -0.550. The number of hydrogen-bond donors (Lipinski definition) is 1. The number of rotatable bonds is 2. The van der Waals surface area contributed by atoms with Gasteiger partial charge in [0.05, 0.1) is 6.07 Å². The number of nitrogens with zero attached hydrogens (tertiary/aromatic N) is 1. The third-order valence-corrected chi connectivity index (χ3v) is 4.97. The summed E-state index contributed by atoms with van der Waals surface area (Å²) in [5.41, 5.74) is 0.0470. The molecular formula is C16H28N2. The summed E-state index contributed by atoms with van der Waals surface area (Å²) in [6, 6.07) is 3.21. The normalized spacial score (nSPS) is 37.1. The van der Waals surface area contributed by atoms with E-state index in [0.717, 1.165) is 6.42 Å².